The molecule has 7 heteroatoms. The molecular formula is C14H11Cl2NO3S. The van der Waals surface area contributed by atoms with E-state index in [4.69, 9.17) is 23.2 Å². The van der Waals surface area contributed by atoms with E-state index in [0.29, 0.717) is 5.02 Å². The Morgan fingerprint density at radius 1 is 1.00 bits per heavy atom. The first kappa shape index (κ1) is 15.8. The van der Waals surface area contributed by atoms with Crippen LogP contribution < -0.4 is 5.32 Å². The second-order valence-corrected chi connectivity index (χ2v) is 7.07. The number of carbonyl (C=O) groups is 1. The number of benzene rings is 2. The third kappa shape index (κ3) is 3.56. The van der Waals surface area contributed by atoms with E-state index in [9.17, 15) is 13.2 Å². The van der Waals surface area contributed by atoms with Crippen molar-refractivity contribution in [1.29, 1.82) is 0 Å². The predicted molar refractivity (Wildman–Crippen MR) is 82.7 cm³/mol. The molecule has 0 saturated heterocycles. The molecular weight excluding hydrogens is 333 g/mol. The molecule has 2 rings (SSSR count). The van der Waals surface area contributed by atoms with Gasteiger partial charge in [-0.25, -0.2) is 8.42 Å². The maximum atomic E-state index is 12.6. The highest BCUT2D eigenvalue weighted by molar-refractivity contribution is 7.91. The van der Waals surface area contributed by atoms with Crippen LogP contribution >= 0.6 is 23.2 Å². The van der Waals surface area contributed by atoms with E-state index < -0.39 is 9.84 Å². The lowest BCUT2D eigenvalue weighted by Gasteiger charge is -2.11. The van der Waals surface area contributed by atoms with E-state index in [2.05, 4.69) is 5.32 Å². The van der Waals surface area contributed by atoms with Crippen molar-refractivity contribution in [3.8, 4) is 0 Å². The summed E-state index contributed by atoms with van der Waals surface area (Å²) in [6.07, 6.45) is 0. The molecule has 0 heterocycles. The van der Waals surface area contributed by atoms with Gasteiger partial charge in [-0.15, -0.1) is 0 Å². The molecule has 0 aliphatic carbocycles. The highest BCUT2D eigenvalue weighted by atomic mass is 35.5. The lowest BCUT2D eigenvalue weighted by Crippen LogP contribution is -2.11. The van der Waals surface area contributed by atoms with Crippen LogP contribution in [0.2, 0.25) is 10.0 Å². The van der Waals surface area contributed by atoms with Crippen molar-refractivity contribution in [2.24, 2.45) is 0 Å². The van der Waals surface area contributed by atoms with Crippen molar-refractivity contribution in [3.05, 3.63) is 52.5 Å². The minimum Gasteiger partial charge on any atom is -0.325 e. The SMILES string of the molecule is CC(=O)Nc1ccc(Cl)cc1S(=O)(=O)c1ccc(Cl)cc1. The molecule has 0 unspecified atom stereocenters. The topological polar surface area (TPSA) is 63.2 Å². The van der Waals surface area contributed by atoms with Crippen LogP contribution in [0.4, 0.5) is 5.69 Å². The molecule has 0 radical (unpaired) electrons. The maximum absolute atomic E-state index is 12.6. The summed E-state index contributed by atoms with van der Waals surface area (Å²) in [4.78, 5) is 11.2. The van der Waals surface area contributed by atoms with Crippen molar-refractivity contribution >= 4 is 44.6 Å². The van der Waals surface area contributed by atoms with Crippen LogP contribution in [0.15, 0.2) is 52.3 Å². The zero-order chi connectivity index (χ0) is 15.6. The second kappa shape index (κ2) is 6.05. The van der Waals surface area contributed by atoms with Crippen LogP contribution in [0.5, 0.6) is 0 Å². The first-order valence-corrected chi connectivity index (χ1v) is 8.12. The Morgan fingerprint density at radius 2 is 1.57 bits per heavy atom. The Kier molecular flexibility index (Phi) is 4.56. The Morgan fingerprint density at radius 3 is 2.14 bits per heavy atom. The fraction of sp³-hybridized carbons (Fsp3) is 0.0714. The summed E-state index contributed by atoms with van der Waals surface area (Å²) in [6.45, 7) is 1.30. The number of nitrogens with one attached hydrogen (secondary N) is 1. The number of halogens is 2. The normalized spacial score (nSPS) is 11.2. The summed E-state index contributed by atoms with van der Waals surface area (Å²) in [5, 5.41) is 3.18. The van der Waals surface area contributed by atoms with Gasteiger partial charge in [0, 0.05) is 17.0 Å². The number of anilines is 1. The molecule has 0 saturated carbocycles. The van der Waals surface area contributed by atoms with Crippen LogP contribution in [0.25, 0.3) is 0 Å². The van der Waals surface area contributed by atoms with Gasteiger partial charge in [-0.2, -0.15) is 0 Å². The maximum Gasteiger partial charge on any atom is 0.221 e. The molecule has 110 valence electrons. The van der Waals surface area contributed by atoms with E-state index in [0.717, 1.165) is 0 Å². The van der Waals surface area contributed by atoms with Crippen molar-refractivity contribution in [2.75, 3.05) is 5.32 Å². The average Bonchev–Trinajstić information content (AvgIpc) is 2.40. The van der Waals surface area contributed by atoms with E-state index in [1.54, 1.807) is 0 Å². The van der Waals surface area contributed by atoms with E-state index in [1.807, 2.05) is 0 Å². The Labute approximate surface area is 132 Å². The summed E-state index contributed by atoms with van der Waals surface area (Å²) in [5.41, 5.74) is 0.182. The van der Waals surface area contributed by atoms with Crippen molar-refractivity contribution in [3.63, 3.8) is 0 Å². The third-order valence-electron chi connectivity index (χ3n) is 2.67. The molecule has 0 aliphatic rings. The first-order chi connectivity index (χ1) is 9.80. The molecule has 2 aromatic rings. The van der Waals surface area contributed by atoms with Gasteiger partial charge in [0.1, 0.15) is 0 Å². The third-order valence-corrected chi connectivity index (χ3v) is 4.96. The number of hydrogen-bond donors (Lipinski definition) is 1. The summed E-state index contributed by atoms with van der Waals surface area (Å²) >= 11 is 11.6. The van der Waals surface area contributed by atoms with Gasteiger partial charge in [-0.05, 0) is 42.5 Å². The van der Waals surface area contributed by atoms with Crippen LogP contribution in [0, 0.1) is 0 Å². The van der Waals surface area contributed by atoms with Gasteiger partial charge in [-0.1, -0.05) is 23.2 Å². The molecule has 4 nitrogen and oxygen atoms in total. The molecule has 0 atom stereocenters. The van der Waals surface area contributed by atoms with Gasteiger partial charge < -0.3 is 5.32 Å². The number of amides is 1. The van der Waals surface area contributed by atoms with Crippen molar-refractivity contribution in [2.45, 2.75) is 16.7 Å². The molecule has 21 heavy (non-hydrogen) atoms. The van der Waals surface area contributed by atoms with Crippen molar-refractivity contribution < 1.29 is 13.2 Å². The zero-order valence-corrected chi connectivity index (χ0v) is 13.3. The molecule has 2 aromatic carbocycles. The number of sulfone groups is 1. The van der Waals surface area contributed by atoms with Gasteiger partial charge in [-0.3, -0.25) is 4.79 Å². The molecule has 0 fully saturated rings. The Balaban J connectivity index is 2.60. The molecule has 0 aliphatic heterocycles. The van der Waals surface area contributed by atoms with E-state index >= 15 is 0 Å². The first-order valence-electron chi connectivity index (χ1n) is 5.88. The fourth-order valence-corrected chi connectivity index (χ4v) is 3.55. The van der Waals surface area contributed by atoms with E-state index in [-0.39, 0.29) is 26.4 Å². The van der Waals surface area contributed by atoms with Crippen molar-refractivity contribution in [1.82, 2.24) is 0 Å². The molecule has 1 amide bonds. The van der Waals surface area contributed by atoms with Gasteiger partial charge in [0.25, 0.3) is 0 Å². The largest absolute Gasteiger partial charge is 0.325 e. The van der Waals surface area contributed by atoms with E-state index in [1.165, 1.54) is 49.4 Å². The summed E-state index contributed by atoms with van der Waals surface area (Å²) in [7, 11) is -3.81. The highest BCUT2D eigenvalue weighted by Gasteiger charge is 2.22. The second-order valence-electron chi connectivity index (χ2n) is 4.28. The number of carbonyl (C=O) groups excluding carboxylic acids is 1. The zero-order valence-electron chi connectivity index (χ0n) is 10.9. The van der Waals surface area contributed by atoms with Crippen LogP contribution in [0.1, 0.15) is 6.92 Å². The summed E-state index contributed by atoms with van der Waals surface area (Å²) in [6, 6.07) is 10.0. The monoisotopic (exact) mass is 343 g/mol. The van der Waals surface area contributed by atoms with Crippen LogP contribution in [0.3, 0.4) is 0 Å². The summed E-state index contributed by atoms with van der Waals surface area (Å²) < 4.78 is 25.3. The standard InChI is InChI=1S/C14H11Cl2NO3S/c1-9(18)17-13-7-4-11(16)8-14(13)21(19,20)12-5-2-10(15)3-6-12/h2-8H,1H3,(H,17,18). The average molecular weight is 344 g/mol. The molecule has 0 aromatic heterocycles. The summed E-state index contributed by atoms with van der Waals surface area (Å²) in [5.74, 6) is -0.370. The Bertz CT molecular complexity index is 786. The van der Waals surface area contributed by atoms with Gasteiger partial charge in [0.15, 0.2) is 0 Å². The lowest BCUT2D eigenvalue weighted by atomic mass is 10.3. The fourth-order valence-electron chi connectivity index (χ4n) is 1.75. The smallest absolute Gasteiger partial charge is 0.221 e. The predicted octanol–water partition coefficient (Wildman–Crippen LogP) is 3.78. The number of rotatable bonds is 3. The van der Waals surface area contributed by atoms with Gasteiger partial charge >= 0.3 is 0 Å². The highest BCUT2D eigenvalue weighted by Crippen LogP contribution is 2.30. The van der Waals surface area contributed by atoms with Gasteiger partial charge in [0.05, 0.1) is 15.5 Å². The number of hydrogen-bond acceptors (Lipinski definition) is 3. The molecule has 0 bridgehead atoms. The minimum absolute atomic E-state index is 0.0625. The molecule has 0 spiro atoms. The van der Waals surface area contributed by atoms with Crippen LogP contribution in [-0.2, 0) is 14.6 Å². The quantitative estimate of drug-likeness (QED) is 0.922. The molecule has 1 N–H and O–H groups in total. The Hall–Kier alpha value is -1.56. The van der Waals surface area contributed by atoms with Gasteiger partial charge in [0.2, 0.25) is 15.7 Å². The lowest BCUT2D eigenvalue weighted by molar-refractivity contribution is -0.114. The van der Waals surface area contributed by atoms with Crippen LogP contribution in [-0.4, -0.2) is 14.3 Å². The minimum atomic E-state index is -3.81.